The number of aliphatic carboxylic acids is 1. The summed E-state index contributed by atoms with van der Waals surface area (Å²) in [6, 6.07) is 0.460. The van der Waals surface area contributed by atoms with Crippen LogP contribution in [0.2, 0.25) is 0 Å². The van der Waals surface area contributed by atoms with Crippen LogP contribution in [-0.4, -0.2) is 35.1 Å². The van der Waals surface area contributed by atoms with E-state index in [1.54, 1.807) is 6.92 Å². The highest BCUT2D eigenvalue weighted by atomic mass is 16.4. The van der Waals surface area contributed by atoms with Crippen LogP contribution in [0, 0.1) is 11.8 Å². The molecule has 3 atom stereocenters. The molecule has 0 saturated heterocycles. The fourth-order valence-corrected chi connectivity index (χ4v) is 1.71. The lowest BCUT2D eigenvalue weighted by Crippen LogP contribution is -2.41. The number of carbonyl (C=O) groups is 1. The molecule has 0 saturated carbocycles. The van der Waals surface area contributed by atoms with Crippen molar-refractivity contribution in [2.75, 3.05) is 13.1 Å². The zero-order valence-electron chi connectivity index (χ0n) is 10.7. The molecular formula is C12H25NO2. The highest BCUT2D eigenvalue weighted by Crippen LogP contribution is 2.15. The maximum absolute atomic E-state index is 10.8. The lowest BCUT2D eigenvalue weighted by molar-refractivity contribution is -0.142. The first-order valence-corrected chi connectivity index (χ1v) is 5.90. The molecule has 15 heavy (non-hydrogen) atoms. The van der Waals surface area contributed by atoms with Gasteiger partial charge in [0.2, 0.25) is 0 Å². The van der Waals surface area contributed by atoms with Crippen LogP contribution in [-0.2, 0) is 4.79 Å². The molecule has 90 valence electrons. The van der Waals surface area contributed by atoms with Gasteiger partial charge in [-0.2, -0.15) is 0 Å². The van der Waals surface area contributed by atoms with Crippen LogP contribution in [0.25, 0.3) is 0 Å². The lowest BCUT2D eigenvalue weighted by atomic mass is 9.98. The number of hydrogen-bond donors (Lipinski definition) is 1. The molecule has 1 N–H and O–H groups in total. The predicted octanol–water partition coefficient (Wildman–Crippen LogP) is 2.46. The maximum Gasteiger partial charge on any atom is 0.307 e. The third-order valence-electron chi connectivity index (χ3n) is 3.38. The molecule has 0 fully saturated rings. The van der Waals surface area contributed by atoms with E-state index in [9.17, 15) is 4.79 Å². The zero-order chi connectivity index (χ0) is 12.0. The minimum atomic E-state index is -0.704. The monoisotopic (exact) mass is 215 g/mol. The van der Waals surface area contributed by atoms with Gasteiger partial charge < -0.3 is 5.11 Å². The molecule has 0 spiro atoms. The van der Waals surface area contributed by atoms with Crippen molar-refractivity contribution in [2.24, 2.45) is 11.8 Å². The summed E-state index contributed by atoms with van der Waals surface area (Å²) in [5.74, 6) is -0.368. The van der Waals surface area contributed by atoms with E-state index >= 15 is 0 Å². The topological polar surface area (TPSA) is 40.5 Å². The van der Waals surface area contributed by atoms with E-state index in [1.807, 2.05) is 0 Å². The smallest absolute Gasteiger partial charge is 0.307 e. The summed E-state index contributed by atoms with van der Waals surface area (Å²) in [4.78, 5) is 13.0. The van der Waals surface area contributed by atoms with Crippen molar-refractivity contribution in [1.82, 2.24) is 4.90 Å². The van der Waals surface area contributed by atoms with Gasteiger partial charge in [-0.05, 0) is 19.4 Å². The summed E-state index contributed by atoms with van der Waals surface area (Å²) in [5.41, 5.74) is 0. The van der Waals surface area contributed by atoms with Crippen molar-refractivity contribution in [3.05, 3.63) is 0 Å². The molecule has 0 aromatic carbocycles. The molecule has 0 amide bonds. The number of rotatable bonds is 7. The van der Waals surface area contributed by atoms with Gasteiger partial charge in [0.15, 0.2) is 0 Å². The summed E-state index contributed by atoms with van der Waals surface area (Å²) in [6.07, 6.45) is 1.14. The molecule has 0 aromatic heterocycles. The predicted molar refractivity (Wildman–Crippen MR) is 63.0 cm³/mol. The first-order chi connectivity index (χ1) is 6.93. The second kappa shape index (κ2) is 6.83. The molecule has 3 nitrogen and oxygen atoms in total. The molecule has 0 radical (unpaired) electrons. The third-order valence-corrected chi connectivity index (χ3v) is 3.38. The normalized spacial score (nSPS) is 17.5. The summed E-state index contributed by atoms with van der Waals surface area (Å²) in [5, 5.41) is 8.88. The summed E-state index contributed by atoms with van der Waals surface area (Å²) in [7, 11) is 0. The van der Waals surface area contributed by atoms with Gasteiger partial charge >= 0.3 is 5.97 Å². The number of hydrogen-bond acceptors (Lipinski definition) is 2. The second-order valence-corrected chi connectivity index (χ2v) is 4.45. The Morgan fingerprint density at radius 2 is 1.80 bits per heavy atom. The fourth-order valence-electron chi connectivity index (χ4n) is 1.71. The highest BCUT2D eigenvalue weighted by Gasteiger charge is 2.21. The van der Waals surface area contributed by atoms with Crippen LogP contribution in [0.4, 0.5) is 0 Å². The zero-order valence-corrected chi connectivity index (χ0v) is 10.7. The van der Waals surface area contributed by atoms with Crippen LogP contribution in [0.3, 0.4) is 0 Å². The van der Waals surface area contributed by atoms with E-state index in [0.29, 0.717) is 18.5 Å². The lowest BCUT2D eigenvalue weighted by Gasteiger charge is -2.33. The highest BCUT2D eigenvalue weighted by molar-refractivity contribution is 5.69. The molecular weight excluding hydrogens is 190 g/mol. The Bertz CT molecular complexity index is 194. The Labute approximate surface area is 93.5 Å². The van der Waals surface area contributed by atoms with Crippen molar-refractivity contribution in [1.29, 1.82) is 0 Å². The van der Waals surface area contributed by atoms with E-state index in [0.717, 1.165) is 13.0 Å². The first kappa shape index (κ1) is 14.4. The molecule has 0 rings (SSSR count). The van der Waals surface area contributed by atoms with Gasteiger partial charge in [-0.25, -0.2) is 0 Å². The average molecular weight is 215 g/mol. The van der Waals surface area contributed by atoms with Crippen molar-refractivity contribution in [2.45, 2.75) is 47.1 Å². The standard InChI is InChI=1S/C12H25NO2/c1-6-9(3)11(5)13(7-2)8-10(4)12(14)15/h9-11H,6-8H2,1-5H3,(H,14,15). The third kappa shape index (κ3) is 4.65. The average Bonchev–Trinajstić information content (AvgIpc) is 2.23. The van der Waals surface area contributed by atoms with Crippen LogP contribution >= 0.6 is 0 Å². The van der Waals surface area contributed by atoms with Gasteiger partial charge in [0, 0.05) is 12.6 Å². The Morgan fingerprint density at radius 1 is 1.27 bits per heavy atom. The minimum Gasteiger partial charge on any atom is -0.481 e. The van der Waals surface area contributed by atoms with Crippen molar-refractivity contribution < 1.29 is 9.90 Å². The molecule has 3 unspecified atom stereocenters. The fraction of sp³-hybridized carbons (Fsp3) is 0.917. The van der Waals surface area contributed by atoms with Gasteiger partial charge in [0.05, 0.1) is 5.92 Å². The van der Waals surface area contributed by atoms with Crippen LogP contribution in [0.1, 0.15) is 41.0 Å². The van der Waals surface area contributed by atoms with Crippen LogP contribution in [0.15, 0.2) is 0 Å². The first-order valence-electron chi connectivity index (χ1n) is 5.90. The van der Waals surface area contributed by atoms with Gasteiger partial charge in [0.1, 0.15) is 0 Å². The van der Waals surface area contributed by atoms with Crippen molar-refractivity contribution in [3.8, 4) is 0 Å². The maximum atomic E-state index is 10.8. The molecule has 0 aliphatic carbocycles. The minimum absolute atomic E-state index is 0.281. The molecule has 0 aliphatic rings. The van der Waals surface area contributed by atoms with E-state index in [1.165, 1.54) is 0 Å². The van der Waals surface area contributed by atoms with Crippen molar-refractivity contribution in [3.63, 3.8) is 0 Å². The van der Waals surface area contributed by atoms with E-state index in [2.05, 4.69) is 32.6 Å². The van der Waals surface area contributed by atoms with E-state index in [-0.39, 0.29) is 5.92 Å². The van der Waals surface area contributed by atoms with Gasteiger partial charge in [-0.1, -0.05) is 34.1 Å². The van der Waals surface area contributed by atoms with Gasteiger partial charge in [-0.15, -0.1) is 0 Å². The SMILES string of the molecule is CCC(C)C(C)N(CC)CC(C)C(=O)O. The second-order valence-electron chi connectivity index (χ2n) is 4.45. The number of carboxylic acid groups (broad SMARTS) is 1. The van der Waals surface area contributed by atoms with Gasteiger partial charge in [0.25, 0.3) is 0 Å². The van der Waals surface area contributed by atoms with Crippen LogP contribution in [0.5, 0.6) is 0 Å². The molecule has 0 aliphatic heterocycles. The molecule has 0 aromatic rings. The summed E-state index contributed by atoms with van der Waals surface area (Å²) >= 11 is 0. The van der Waals surface area contributed by atoms with Gasteiger partial charge in [-0.3, -0.25) is 9.69 Å². The quantitative estimate of drug-likeness (QED) is 0.709. The number of carboxylic acids is 1. The Balaban J connectivity index is 4.29. The van der Waals surface area contributed by atoms with Crippen LogP contribution < -0.4 is 0 Å². The number of nitrogens with zero attached hydrogens (tertiary/aromatic N) is 1. The van der Waals surface area contributed by atoms with Crippen molar-refractivity contribution >= 4 is 5.97 Å². The molecule has 3 heteroatoms. The Morgan fingerprint density at radius 3 is 2.13 bits per heavy atom. The van der Waals surface area contributed by atoms with E-state index < -0.39 is 5.97 Å². The summed E-state index contributed by atoms with van der Waals surface area (Å²) < 4.78 is 0. The Kier molecular flexibility index (Phi) is 6.57. The largest absolute Gasteiger partial charge is 0.481 e. The summed E-state index contributed by atoms with van der Waals surface area (Å²) in [6.45, 7) is 12.0. The van der Waals surface area contributed by atoms with E-state index in [4.69, 9.17) is 5.11 Å². The Hall–Kier alpha value is -0.570. The molecule has 0 bridgehead atoms. The molecule has 0 heterocycles.